The summed E-state index contributed by atoms with van der Waals surface area (Å²) in [7, 11) is 0. The predicted octanol–water partition coefficient (Wildman–Crippen LogP) is 4.17. The number of rotatable bonds is 7. The Balaban J connectivity index is 2.04. The van der Waals surface area contributed by atoms with E-state index in [1.807, 2.05) is 45.9 Å². The number of hydrogen-bond donors (Lipinski definition) is 1. The number of nitrogens with one attached hydrogen (secondary N) is 1. The van der Waals surface area contributed by atoms with Gasteiger partial charge in [0.1, 0.15) is 10.7 Å². The van der Waals surface area contributed by atoms with Crippen molar-refractivity contribution in [3.8, 4) is 0 Å². The molecule has 0 radical (unpaired) electrons. The topological polar surface area (TPSA) is 73.2 Å². The summed E-state index contributed by atoms with van der Waals surface area (Å²) in [6.45, 7) is 9.91. The molecule has 1 aromatic carbocycles. The molecule has 0 bridgehead atoms. The summed E-state index contributed by atoms with van der Waals surface area (Å²) >= 11 is 6.27. The number of ether oxygens (including phenoxy) is 1. The molecular weight excluding hydrogens is 366 g/mol. The zero-order chi connectivity index (χ0) is 20.1. The molecule has 0 aliphatic heterocycles. The first-order chi connectivity index (χ1) is 12.7. The highest BCUT2D eigenvalue weighted by Crippen LogP contribution is 2.23. The van der Waals surface area contributed by atoms with Crippen LogP contribution in [0.5, 0.6) is 0 Å². The van der Waals surface area contributed by atoms with Gasteiger partial charge in [-0.2, -0.15) is 5.10 Å². The first kappa shape index (κ1) is 21.0. The van der Waals surface area contributed by atoms with Gasteiger partial charge in [0.25, 0.3) is 5.91 Å². The predicted molar refractivity (Wildman–Crippen MR) is 106 cm³/mol. The maximum absolute atomic E-state index is 12.4. The molecule has 0 fully saturated rings. The van der Waals surface area contributed by atoms with Crippen LogP contribution in [0.15, 0.2) is 18.2 Å². The minimum absolute atomic E-state index is 0.204. The van der Waals surface area contributed by atoms with E-state index in [1.54, 1.807) is 11.6 Å². The second-order valence-corrected chi connectivity index (χ2v) is 7.27. The average molecular weight is 392 g/mol. The molecule has 1 heterocycles. The fourth-order valence-corrected chi connectivity index (χ4v) is 3.15. The fourth-order valence-electron chi connectivity index (χ4n) is 2.83. The molecule has 146 valence electrons. The van der Waals surface area contributed by atoms with Crippen molar-refractivity contribution in [1.82, 2.24) is 9.78 Å². The lowest BCUT2D eigenvalue weighted by molar-refractivity contribution is -0.119. The van der Waals surface area contributed by atoms with E-state index in [0.717, 1.165) is 23.2 Å². The monoisotopic (exact) mass is 391 g/mol. The van der Waals surface area contributed by atoms with Crippen LogP contribution in [0, 0.1) is 19.8 Å². The van der Waals surface area contributed by atoms with Crippen LogP contribution in [0.2, 0.25) is 5.15 Å². The van der Waals surface area contributed by atoms with Crippen molar-refractivity contribution in [3.05, 3.63) is 45.7 Å². The number of benzene rings is 1. The molecule has 0 aliphatic carbocycles. The van der Waals surface area contributed by atoms with Gasteiger partial charge in [-0.25, -0.2) is 4.79 Å². The molecular formula is C20H26ClN3O3. The maximum Gasteiger partial charge on any atom is 0.343 e. The lowest BCUT2D eigenvalue weighted by Gasteiger charge is -2.13. The number of amides is 1. The van der Waals surface area contributed by atoms with Crippen LogP contribution in [0.3, 0.4) is 0 Å². The number of carbonyl (C=O) groups is 2. The first-order valence-corrected chi connectivity index (χ1v) is 9.40. The van der Waals surface area contributed by atoms with E-state index in [2.05, 4.69) is 10.4 Å². The van der Waals surface area contributed by atoms with Gasteiger partial charge in [-0.05, 0) is 37.3 Å². The Kier molecular flexibility index (Phi) is 7.02. The number of anilines is 1. The van der Waals surface area contributed by atoms with Crippen LogP contribution in [-0.4, -0.2) is 28.3 Å². The van der Waals surface area contributed by atoms with E-state index in [0.29, 0.717) is 18.2 Å². The van der Waals surface area contributed by atoms with Crippen molar-refractivity contribution in [2.24, 2.45) is 5.92 Å². The van der Waals surface area contributed by atoms with Crippen molar-refractivity contribution >= 4 is 29.2 Å². The number of aryl methyl sites for hydroxylation is 3. The molecule has 7 heteroatoms. The highest BCUT2D eigenvalue weighted by molar-refractivity contribution is 6.32. The van der Waals surface area contributed by atoms with E-state index >= 15 is 0 Å². The van der Waals surface area contributed by atoms with Gasteiger partial charge < -0.3 is 10.1 Å². The largest absolute Gasteiger partial charge is 0.452 e. The maximum atomic E-state index is 12.4. The summed E-state index contributed by atoms with van der Waals surface area (Å²) in [5.41, 5.74) is 3.44. The van der Waals surface area contributed by atoms with Crippen LogP contribution >= 0.6 is 11.6 Å². The summed E-state index contributed by atoms with van der Waals surface area (Å²) in [6, 6.07) is 5.83. The smallest absolute Gasteiger partial charge is 0.343 e. The van der Waals surface area contributed by atoms with E-state index < -0.39 is 11.9 Å². The third kappa shape index (κ3) is 5.10. The highest BCUT2D eigenvalue weighted by Gasteiger charge is 2.23. The molecule has 0 aliphatic rings. The zero-order valence-electron chi connectivity index (χ0n) is 16.4. The molecule has 1 N–H and O–H groups in total. The lowest BCUT2D eigenvalue weighted by Crippen LogP contribution is -2.22. The van der Waals surface area contributed by atoms with Crippen LogP contribution < -0.4 is 5.32 Å². The van der Waals surface area contributed by atoms with E-state index in [4.69, 9.17) is 16.3 Å². The van der Waals surface area contributed by atoms with Crippen LogP contribution in [0.4, 0.5) is 5.69 Å². The van der Waals surface area contributed by atoms with Gasteiger partial charge in [0, 0.05) is 12.2 Å². The molecule has 27 heavy (non-hydrogen) atoms. The van der Waals surface area contributed by atoms with Crippen molar-refractivity contribution in [3.63, 3.8) is 0 Å². The Morgan fingerprint density at radius 3 is 2.63 bits per heavy atom. The Morgan fingerprint density at radius 2 is 2.00 bits per heavy atom. The molecule has 0 spiro atoms. The third-order valence-corrected chi connectivity index (χ3v) is 4.53. The quantitative estimate of drug-likeness (QED) is 0.719. The normalized spacial score (nSPS) is 10.9. The molecule has 2 aromatic rings. The van der Waals surface area contributed by atoms with Crippen molar-refractivity contribution < 1.29 is 14.3 Å². The van der Waals surface area contributed by atoms with Gasteiger partial charge in [-0.1, -0.05) is 50.6 Å². The third-order valence-electron chi connectivity index (χ3n) is 4.15. The Bertz CT molecular complexity index is 843. The van der Waals surface area contributed by atoms with Crippen LogP contribution in [0.25, 0.3) is 0 Å². The first-order valence-electron chi connectivity index (χ1n) is 9.02. The molecule has 0 saturated carbocycles. The zero-order valence-corrected chi connectivity index (χ0v) is 17.2. The molecule has 1 amide bonds. The summed E-state index contributed by atoms with van der Waals surface area (Å²) in [4.78, 5) is 24.6. The van der Waals surface area contributed by atoms with Gasteiger partial charge >= 0.3 is 5.97 Å². The van der Waals surface area contributed by atoms with Gasteiger partial charge in [0.2, 0.25) is 0 Å². The minimum atomic E-state index is -0.650. The van der Waals surface area contributed by atoms with E-state index in [9.17, 15) is 9.59 Å². The average Bonchev–Trinajstić information content (AvgIpc) is 2.87. The molecule has 0 unspecified atom stereocenters. The van der Waals surface area contributed by atoms with Gasteiger partial charge in [-0.15, -0.1) is 0 Å². The Morgan fingerprint density at radius 1 is 1.30 bits per heavy atom. The summed E-state index contributed by atoms with van der Waals surface area (Å²) in [5, 5.41) is 7.35. The Labute approximate surface area is 164 Å². The summed E-state index contributed by atoms with van der Waals surface area (Å²) in [6.07, 6.45) is 0.793. The molecule has 0 atom stereocenters. The van der Waals surface area contributed by atoms with Crippen molar-refractivity contribution in [2.75, 3.05) is 11.9 Å². The molecule has 2 rings (SSSR count). The van der Waals surface area contributed by atoms with E-state index in [1.165, 1.54) is 0 Å². The second-order valence-electron chi connectivity index (χ2n) is 6.91. The number of aromatic nitrogens is 2. The fraction of sp³-hybridized carbons (Fsp3) is 0.450. The van der Waals surface area contributed by atoms with Crippen molar-refractivity contribution in [1.29, 1.82) is 0 Å². The van der Waals surface area contributed by atoms with E-state index in [-0.39, 0.29) is 17.3 Å². The van der Waals surface area contributed by atoms with Crippen LogP contribution in [0.1, 0.15) is 48.0 Å². The summed E-state index contributed by atoms with van der Waals surface area (Å²) in [5.74, 6) is -0.711. The summed E-state index contributed by atoms with van der Waals surface area (Å²) < 4.78 is 6.75. The molecule has 0 saturated heterocycles. The van der Waals surface area contributed by atoms with Crippen molar-refractivity contribution in [2.45, 2.75) is 47.6 Å². The highest BCUT2D eigenvalue weighted by atomic mass is 35.5. The minimum Gasteiger partial charge on any atom is -0.452 e. The number of hydrogen-bond acceptors (Lipinski definition) is 4. The number of nitrogens with zero attached hydrogens (tertiary/aromatic N) is 2. The van der Waals surface area contributed by atoms with Gasteiger partial charge in [-0.3, -0.25) is 9.48 Å². The number of carbonyl (C=O) groups excluding carboxylic acids is 2. The molecule has 1 aromatic heterocycles. The number of halogens is 1. The van der Waals surface area contributed by atoms with Gasteiger partial charge in [0.15, 0.2) is 6.61 Å². The molecule has 6 nitrogen and oxygen atoms in total. The van der Waals surface area contributed by atoms with Crippen LogP contribution in [-0.2, 0) is 22.5 Å². The standard InChI is InChI=1S/C20H26ClN3O3/c1-6-15-9-7-8-13(4)18(15)22-16(25)11-27-20(26)17-14(5)23-24(19(17)21)10-12(2)3/h7-9,12H,6,10-11H2,1-5H3,(H,22,25). The SMILES string of the molecule is CCc1cccc(C)c1NC(=O)COC(=O)c1c(C)nn(CC(C)C)c1Cl. The Hall–Kier alpha value is -2.34. The number of esters is 1. The number of para-hydroxylation sites is 1. The lowest BCUT2D eigenvalue weighted by atomic mass is 10.1. The van der Waals surface area contributed by atoms with Gasteiger partial charge in [0.05, 0.1) is 5.69 Å². The second kappa shape index (κ2) is 9.04.